The monoisotopic (exact) mass is 572 g/mol. The zero-order valence-corrected chi connectivity index (χ0v) is 20.9. The minimum Gasteiger partial charge on any atom is -0.481 e. The van der Waals surface area contributed by atoms with E-state index in [1.807, 2.05) is 0 Å². The normalized spacial score (nSPS) is 13.1. The molecule has 3 atom stereocenters. The molecule has 216 valence electrons. The number of H-pyrrole nitrogens is 1. The number of nitrogens with one attached hydrogen (secondary N) is 4. The highest BCUT2D eigenvalue weighted by Gasteiger charge is 2.33. The lowest BCUT2D eigenvalue weighted by atomic mass is 10.0. The fraction of sp³-hybridized carbons (Fsp3) is 0.261. The molecule has 41 heavy (non-hydrogen) atoms. The molecular formula is C23H24N8O10. The van der Waals surface area contributed by atoms with Crippen LogP contribution in [-0.4, -0.2) is 88.3 Å². The lowest BCUT2D eigenvalue weighted by Crippen LogP contribution is -2.52. The van der Waals surface area contributed by atoms with E-state index in [0.717, 1.165) is 0 Å². The summed E-state index contributed by atoms with van der Waals surface area (Å²) in [6.07, 6.45) is -0.340. The number of carbonyl (C=O) groups excluding carboxylic acids is 1. The summed E-state index contributed by atoms with van der Waals surface area (Å²) in [5.74, 6) is -7.35. The highest BCUT2D eigenvalue weighted by molar-refractivity contribution is 5.97. The van der Waals surface area contributed by atoms with E-state index in [1.54, 1.807) is 0 Å². The Hall–Kier alpha value is -5.65. The van der Waals surface area contributed by atoms with Crippen molar-refractivity contribution < 1.29 is 44.4 Å². The van der Waals surface area contributed by atoms with Crippen LogP contribution >= 0.6 is 0 Å². The van der Waals surface area contributed by atoms with Gasteiger partial charge in [0.1, 0.15) is 18.1 Å². The van der Waals surface area contributed by atoms with Crippen LogP contribution in [0.1, 0.15) is 28.9 Å². The van der Waals surface area contributed by atoms with Gasteiger partial charge >= 0.3 is 23.9 Å². The number of nitrogen functional groups attached to an aromatic ring is 1. The van der Waals surface area contributed by atoms with Gasteiger partial charge < -0.3 is 36.8 Å². The molecule has 0 saturated carbocycles. The van der Waals surface area contributed by atoms with E-state index in [9.17, 15) is 39.0 Å². The maximum Gasteiger partial charge on any atom is 0.326 e. The molecule has 10 N–H and O–H groups in total. The summed E-state index contributed by atoms with van der Waals surface area (Å²) < 4.78 is 0. The Morgan fingerprint density at radius 3 is 2.12 bits per heavy atom. The molecule has 1 unspecified atom stereocenters. The van der Waals surface area contributed by atoms with E-state index < -0.39 is 66.3 Å². The minimum atomic E-state index is -1.81. The maximum absolute atomic E-state index is 12.7. The number of aromatic amines is 1. The number of benzene rings is 1. The molecule has 18 heteroatoms. The fourth-order valence-electron chi connectivity index (χ4n) is 3.56. The average Bonchev–Trinajstić information content (AvgIpc) is 2.90. The average molecular weight is 572 g/mol. The van der Waals surface area contributed by atoms with Crippen molar-refractivity contribution in [2.24, 2.45) is 0 Å². The Morgan fingerprint density at radius 1 is 0.902 bits per heavy atom. The molecule has 0 bridgehead atoms. The van der Waals surface area contributed by atoms with E-state index in [-0.39, 0.29) is 29.2 Å². The molecule has 0 aliphatic rings. The molecular weight excluding hydrogens is 548 g/mol. The Labute approximate surface area is 228 Å². The van der Waals surface area contributed by atoms with Crippen LogP contribution < -0.4 is 27.2 Å². The number of fused-ring (bicyclic) bond motifs is 1. The summed E-state index contributed by atoms with van der Waals surface area (Å²) in [5.41, 5.74) is 5.95. The number of aromatic nitrogens is 4. The third kappa shape index (κ3) is 8.17. The number of amides is 1. The van der Waals surface area contributed by atoms with Crippen molar-refractivity contribution in [2.45, 2.75) is 37.5 Å². The van der Waals surface area contributed by atoms with Crippen LogP contribution in [0.15, 0.2) is 35.3 Å². The molecule has 3 rings (SSSR count). The predicted molar refractivity (Wildman–Crippen MR) is 138 cm³/mol. The van der Waals surface area contributed by atoms with Crippen molar-refractivity contribution >= 4 is 52.6 Å². The van der Waals surface area contributed by atoms with Gasteiger partial charge in [-0.15, -0.1) is 0 Å². The molecule has 0 aliphatic carbocycles. The van der Waals surface area contributed by atoms with Gasteiger partial charge in [0.05, 0.1) is 24.9 Å². The molecule has 2 aromatic heterocycles. The molecule has 0 saturated heterocycles. The standard InChI is InChI=1S/C23H24N8O10/c24-23-30-17-16(19(35)31-23)27-11(8-26-17)7-25-10-3-1-9(2-4-10)18(34)29-13(21(38)39)5-12(20(36)37)28-14(22(40)41)6-15(32)33/h1-4,8,12-14,25,28H,5-7H2,(H,29,34)(H,32,33)(H,36,37)(H,38,39)(H,40,41)(H3,24,26,30,31,35)/t12?,13-,14-/m0/s1. The first-order valence-electron chi connectivity index (χ1n) is 11.7. The van der Waals surface area contributed by atoms with Gasteiger partial charge in [-0.25, -0.2) is 14.8 Å². The predicted octanol–water partition coefficient (Wildman–Crippen LogP) is -1.55. The molecule has 0 aliphatic heterocycles. The first-order valence-corrected chi connectivity index (χ1v) is 11.7. The van der Waals surface area contributed by atoms with Gasteiger partial charge in [-0.2, -0.15) is 4.98 Å². The molecule has 0 spiro atoms. The fourth-order valence-corrected chi connectivity index (χ4v) is 3.56. The van der Waals surface area contributed by atoms with Crippen molar-refractivity contribution in [3.05, 3.63) is 52.1 Å². The topological polar surface area (TPSA) is 300 Å². The second-order valence-corrected chi connectivity index (χ2v) is 8.56. The van der Waals surface area contributed by atoms with Gasteiger partial charge in [0.25, 0.3) is 11.5 Å². The summed E-state index contributed by atoms with van der Waals surface area (Å²) in [6.45, 7) is 0.141. The number of hydrogen-bond acceptors (Lipinski definition) is 12. The number of aliphatic carboxylic acids is 4. The summed E-state index contributed by atoms with van der Waals surface area (Å²) in [5, 5.41) is 44.2. The molecule has 1 amide bonds. The Morgan fingerprint density at radius 2 is 1.54 bits per heavy atom. The number of rotatable bonds is 14. The van der Waals surface area contributed by atoms with E-state index >= 15 is 0 Å². The van der Waals surface area contributed by atoms with Crippen LogP contribution in [0.5, 0.6) is 0 Å². The highest BCUT2D eigenvalue weighted by atomic mass is 16.4. The maximum atomic E-state index is 12.7. The summed E-state index contributed by atoms with van der Waals surface area (Å²) in [4.78, 5) is 84.6. The number of carbonyl (C=O) groups is 5. The van der Waals surface area contributed by atoms with Gasteiger partial charge in [-0.1, -0.05) is 0 Å². The molecule has 0 radical (unpaired) electrons. The third-order valence-electron chi connectivity index (χ3n) is 5.56. The van der Waals surface area contributed by atoms with Crippen molar-refractivity contribution in [2.75, 3.05) is 11.1 Å². The Balaban J connectivity index is 1.64. The van der Waals surface area contributed by atoms with Gasteiger partial charge in [0, 0.05) is 17.7 Å². The van der Waals surface area contributed by atoms with E-state index in [0.29, 0.717) is 11.4 Å². The zero-order valence-electron chi connectivity index (χ0n) is 20.9. The van der Waals surface area contributed by atoms with Crippen LogP contribution in [0, 0.1) is 0 Å². The molecule has 0 fully saturated rings. The zero-order chi connectivity index (χ0) is 30.3. The van der Waals surface area contributed by atoms with E-state index in [2.05, 4.69) is 35.9 Å². The highest BCUT2D eigenvalue weighted by Crippen LogP contribution is 2.13. The van der Waals surface area contributed by atoms with Gasteiger partial charge in [0.2, 0.25) is 5.95 Å². The third-order valence-corrected chi connectivity index (χ3v) is 5.56. The number of carboxylic acid groups (broad SMARTS) is 4. The smallest absolute Gasteiger partial charge is 0.326 e. The number of carboxylic acids is 4. The summed E-state index contributed by atoms with van der Waals surface area (Å²) in [7, 11) is 0. The van der Waals surface area contributed by atoms with Gasteiger partial charge in [-0.05, 0) is 24.3 Å². The molecule has 18 nitrogen and oxygen atoms in total. The first kappa shape index (κ1) is 29.9. The van der Waals surface area contributed by atoms with Crippen molar-refractivity contribution in [1.29, 1.82) is 0 Å². The lowest BCUT2D eigenvalue weighted by molar-refractivity contribution is -0.148. The van der Waals surface area contributed by atoms with Crippen LogP contribution in [0.3, 0.4) is 0 Å². The van der Waals surface area contributed by atoms with Crippen LogP contribution in [0.25, 0.3) is 11.2 Å². The second-order valence-electron chi connectivity index (χ2n) is 8.56. The first-order chi connectivity index (χ1) is 19.3. The molecule has 1 aromatic carbocycles. The minimum absolute atomic E-state index is 0.000734. The Kier molecular flexibility index (Phi) is 9.43. The second kappa shape index (κ2) is 12.9. The number of anilines is 2. The number of nitrogens with two attached hydrogens (primary N) is 1. The summed E-state index contributed by atoms with van der Waals surface area (Å²) in [6, 6.07) is 0.354. The molecule has 3 aromatic rings. The van der Waals surface area contributed by atoms with Gasteiger partial charge in [-0.3, -0.25) is 34.3 Å². The van der Waals surface area contributed by atoms with Crippen molar-refractivity contribution in [3.8, 4) is 0 Å². The summed E-state index contributed by atoms with van der Waals surface area (Å²) >= 11 is 0. The van der Waals surface area contributed by atoms with Crippen LogP contribution in [0.2, 0.25) is 0 Å². The van der Waals surface area contributed by atoms with E-state index in [4.69, 9.17) is 15.9 Å². The van der Waals surface area contributed by atoms with Crippen LogP contribution in [0.4, 0.5) is 11.6 Å². The number of nitrogens with zero attached hydrogens (tertiary/aromatic N) is 3. The Bertz CT molecular complexity index is 1540. The van der Waals surface area contributed by atoms with Gasteiger partial charge in [0.15, 0.2) is 11.2 Å². The quantitative estimate of drug-likeness (QED) is 0.106. The van der Waals surface area contributed by atoms with Crippen molar-refractivity contribution in [3.63, 3.8) is 0 Å². The SMILES string of the molecule is Nc1nc2ncc(CNc3ccc(C(=O)N[C@@H](CC(N[C@@H](CC(=O)O)C(=O)O)C(=O)O)C(=O)O)cc3)nc2c(=O)[nH]1. The number of hydrogen-bond donors (Lipinski definition) is 9. The molecule has 2 heterocycles. The van der Waals surface area contributed by atoms with E-state index in [1.165, 1.54) is 30.5 Å². The largest absolute Gasteiger partial charge is 0.481 e. The van der Waals surface area contributed by atoms with Crippen molar-refractivity contribution in [1.82, 2.24) is 30.6 Å². The lowest BCUT2D eigenvalue weighted by Gasteiger charge is -2.23. The van der Waals surface area contributed by atoms with Crippen LogP contribution in [-0.2, 0) is 25.7 Å².